The summed E-state index contributed by atoms with van der Waals surface area (Å²) >= 11 is 0. The van der Waals surface area contributed by atoms with Gasteiger partial charge in [-0.3, -0.25) is 4.98 Å². The van der Waals surface area contributed by atoms with Crippen molar-refractivity contribution in [2.45, 2.75) is 6.92 Å². The van der Waals surface area contributed by atoms with Crippen molar-refractivity contribution < 1.29 is 0 Å². The van der Waals surface area contributed by atoms with E-state index in [1.807, 2.05) is 37.3 Å². The molecule has 0 amide bonds. The van der Waals surface area contributed by atoms with E-state index in [9.17, 15) is 0 Å². The van der Waals surface area contributed by atoms with Crippen molar-refractivity contribution in [3.8, 4) is 11.8 Å². The summed E-state index contributed by atoms with van der Waals surface area (Å²) in [5.74, 6) is 5.99. The minimum Gasteiger partial charge on any atom is -0.260 e. The molecule has 2 rings (SSSR count). The Morgan fingerprint density at radius 3 is 2.60 bits per heavy atom. The van der Waals surface area contributed by atoms with Gasteiger partial charge in [-0.05, 0) is 37.1 Å². The molecule has 15 heavy (non-hydrogen) atoms. The quantitative estimate of drug-likeness (QED) is 0.601. The Morgan fingerprint density at radius 1 is 1.00 bits per heavy atom. The van der Waals surface area contributed by atoms with Crippen LogP contribution in [0.5, 0.6) is 0 Å². The standard InChI is InChI=1S/C13H10N2/c1-11-5-6-12(10-15-11)7-8-13-4-2-3-9-14-13/h2-6,9-10H,1H3. The molecule has 0 saturated heterocycles. The first-order chi connectivity index (χ1) is 7.34. The summed E-state index contributed by atoms with van der Waals surface area (Å²) in [6.07, 6.45) is 3.50. The zero-order chi connectivity index (χ0) is 10.5. The van der Waals surface area contributed by atoms with Crippen LogP contribution in [0.25, 0.3) is 0 Å². The van der Waals surface area contributed by atoms with Gasteiger partial charge in [0.2, 0.25) is 0 Å². The highest BCUT2D eigenvalue weighted by atomic mass is 14.7. The summed E-state index contributed by atoms with van der Waals surface area (Å²) in [5, 5.41) is 0. The van der Waals surface area contributed by atoms with Crippen LogP contribution >= 0.6 is 0 Å². The van der Waals surface area contributed by atoms with E-state index in [2.05, 4.69) is 21.8 Å². The first-order valence-electron chi connectivity index (χ1n) is 4.70. The van der Waals surface area contributed by atoms with Crippen LogP contribution in [0.3, 0.4) is 0 Å². The highest BCUT2D eigenvalue weighted by molar-refractivity contribution is 5.38. The molecule has 0 spiro atoms. The number of rotatable bonds is 0. The molecule has 0 N–H and O–H groups in total. The normalized spacial score (nSPS) is 9.13. The van der Waals surface area contributed by atoms with Gasteiger partial charge in [0.25, 0.3) is 0 Å². The fraction of sp³-hybridized carbons (Fsp3) is 0.0769. The Morgan fingerprint density at radius 2 is 1.93 bits per heavy atom. The fourth-order valence-electron chi connectivity index (χ4n) is 1.11. The van der Waals surface area contributed by atoms with Gasteiger partial charge >= 0.3 is 0 Å². The minimum atomic E-state index is 0.776. The summed E-state index contributed by atoms with van der Waals surface area (Å²) in [5.41, 5.74) is 2.68. The molecule has 0 saturated carbocycles. The largest absolute Gasteiger partial charge is 0.260 e. The highest BCUT2D eigenvalue weighted by Crippen LogP contribution is 1.97. The molecule has 0 fully saturated rings. The summed E-state index contributed by atoms with van der Waals surface area (Å²) in [6.45, 7) is 1.95. The number of nitrogens with zero attached hydrogens (tertiary/aromatic N) is 2. The number of pyridine rings is 2. The van der Waals surface area contributed by atoms with Crippen molar-refractivity contribution in [3.05, 3.63) is 59.7 Å². The third kappa shape index (κ3) is 2.65. The summed E-state index contributed by atoms with van der Waals surface area (Å²) < 4.78 is 0. The molecule has 2 heterocycles. The van der Waals surface area contributed by atoms with Gasteiger partial charge in [0, 0.05) is 23.7 Å². The number of hydrogen-bond donors (Lipinski definition) is 0. The summed E-state index contributed by atoms with van der Waals surface area (Å²) in [4.78, 5) is 8.29. The maximum absolute atomic E-state index is 4.17. The summed E-state index contributed by atoms with van der Waals surface area (Å²) in [6, 6.07) is 9.58. The molecular weight excluding hydrogens is 184 g/mol. The molecule has 0 aromatic carbocycles. The van der Waals surface area contributed by atoms with Gasteiger partial charge in [0.05, 0.1) is 0 Å². The molecule has 2 aromatic rings. The van der Waals surface area contributed by atoms with Crippen molar-refractivity contribution in [3.63, 3.8) is 0 Å². The second kappa shape index (κ2) is 4.39. The second-order valence-electron chi connectivity index (χ2n) is 3.15. The molecule has 0 radical (unpaired) electrons. The Kier molecular flexibility index (Phi) is 2.75. The lowest BCUT2D eigenvalue weighted by Gasteiger charge is -1.90. The molecule has 2 nitrogen and oxygen atoms in total. The maximum atomic E-state index is 4.17. The van der Waals surface area contributed by atoms with E-state index < -0.39 is 0 Å². The smallest absolute Gasteiger partial charge is 0.113 e. The van der Waals surface area contributed by atoms with Gasteiger partial charge < -0.3 is 0 Å². The van der Waals surface area contributed by atoms with Gasteiger partial charge in [0.15, 0.2) is 0 Å². The number of aryl methyl sites for hydroxylation is 1. The lowest BCUT2D eigenvalue weighted by molar-refractivity contribution is 1.19. The Labute approximate surface area is 89.0 Å². The van der Waals surface area contributed by atoms with E-state index in [1.165, 1.54) is 0 Å². The molecule has 72 valence electrons. The molecule has 0 aliphatic heterocycles. The molecule has 2 aromatic heterocycles. The van der Waals surface area contributed by atoms with Gasteiger partial charge in [-0.2, -0.15) is 0 Å². The molecular formula is C13H10N2. The van der Waals surface area contributed by atoms with E-state index in [0.717, 1.165) is 17.0 Å². The van der Waals surface area contributed by atoms with E-state index in [4.69, 9.17) is 0 Å². The first-order valence-corrected chi connectivity index (χ1v) is 4.70. The van der Waals surface area contributed by atoms with Crippen LogP contribution in [0.1, 0.15) is 17.0 Å². The zero-order valence-corrected chi connectivity index (χ0v) is 8.44. The topological polar surface area (TPSA) is 25.8 Å². The van der Waals surface area contributed by atoms with Crippen molar-refractivity contribution in [2.24, 2.45) is 0 Å². The van der Waals surface area contributed by atoms with Gasteiger partial charge in [-0.1, -0.05) is 12.0 Å². The van der Waals surface area contributed by atoms with Crippen LogP contribution in [0, 0.1) is 18.8 Å². The van der Waals surface area contributed by atoms with E-state index in [-0.39, 0.29) is 0 Å². The molecule has 0 bridgehead atoms. The predicted molar refractivity (Wildman–Crippen MR) is 59.2 cm³/mol. The average molecular weight is 194 g/mol. The Hall–Kier alpha value is -2.14. The SMILES string of the molecule is Cc1ccc(C#Cc2ccccn2)cn1. The van der Waals surface area contributed by atoms with E-state index in [1.54, 1.807) is 12.4 Å². The van der Waals surface area contributed by atoms with Gasteiger partial charge in [-0.15, -0.1) is 0 Å². The molecule has 0 atom stereocenters. The maximum Gasteiger partial charge on any atom is 0.113 e. The lowest BCUT2D eigenvalue weighted by Crippen LogP contribution is -1.82. The highest BCUT2D eigenvalue weighted by Gasteiger charge is 1.87. The Balaban J connectivity index is 2.22. The van der Waals surface area contributed by atoms with Gasteiger partial charge in [-0.25, -0.2) is 4.98 Å². The molecule has 0 aliphatic rings. The second-order valence-corrected chi connectivity index (χ2v) is 3.15. The van der Waals surface area contributed by atoms with Crippen molar-refractivity contribution >= 4 is 0 Å². The predicted octanol–water partition coefficient (Wildman–Crippen LogP) is 2.18. The third-order valence-electron chi connectivity index (χ3n) is 1.91. The van der Waals surface area contributed by atoms with Crippen LogP contribution in [0.15, 0.2) is 42.7 Å². The van der Waals surface area contributed by atoms with Crippen molar-refractivity contribution in [1.29, 1.82) is 0 Å². The van der Waals surface area contributed by atoms with Crippen LogP contribution in [0.4, 0.5) is 0 Å². The molecule has 0 unspecified atom stereocenters. The first kappa shape index (κ1) is 9.42. The van der Waals surface area contributed by atoms with Gasteiger partial charge in [0.1, 0.15) is 5.69 Å². The minimum absolute atomic E-state index is 0.776. The third-order valence-corrected chi connectivity index (χ3v) is 1.91. The van der Waals surface area contributed by atoms with E-state index in [0.29, 0.717) is 0 Å². The fourth-order valence-corrected chi connectivity index (χ4v) is 1.11. The van der Waals surface area contributed by atoms with Crippen molar-refractivity contribution in [1.82, 2.24) is 9.97 Å². The van der Waals surface area contributed by atoms with Crippen LogP contribution in [0.2, 0.25) is 0 Å². The summed E-state index contributed by atoms with van der Waals surface area (Å²) in [7, 11) is 0. The molecule has 2 heteroatoms. The average Bonchev–Trinajstić information content (AvgIpc) is 2.30. The lowest BCUT2D eigenvalue weighted by atomic mass is 10.2. The monoisotopic (exact) mass is 194 g/mol. The molecule has 0 aliphatic carbocycles. The van der Waals surface area contributed by atoms with Crippen molar-refractivity contribution in [2.75, 3.05) is 0 Å². The van der Waals surface area contributed by atoms with Crippen LogP contribution in [-0.2, 0) is 0 Å². The van der Waals surface area contributed by atoms with E-state index >= 15 is 0 Å². The number of aromatic nitrogens is 2. The Bertz CT molecular complexity index is 490. The van der Waals surface area contributed by atoms with Crippen LogP contribution < -0.4 is 0 Å². The van der Waals surface area contributed by atoms with Crippen LogP contribution in [-0.4, -0.2) is 9.97 Å². The zero-order valence-electron chi connectivity index (χ0n) is 8.44. The number of hydrogen-bond acceptors (Lipinski definition) is 2.